The minimum absolute atomic E-state index is 0.669. The van der Waals surface area contributed by atoms with Gasteiger partial charge in [-0.15, -0.1) is 0 Å². The van der Waals surface area contributed by atoms with Crippen molar-refractivity contribution >= 4 is 5.90 Å². The van der Waals surface area contributed by atoms with Crippen molar-refractivity contribution in [3.8, 4) is 0 Å². The summed E-state index contributed by atoms with van der Waals surface area (Å²) >= 11 is 0. The summed E-state index contributed by atoms with van der Waals surface area (Å²) in [6, 6.07) is 7.66. The van der Waals surface area contributed by atoms with Gasteiger partial charge in [-0.1, -0.05) is 12.1 Å². The van der Waals surface area contributed by atoms with Crippen LogP contribution in [0.3, 0.4) is 0 Å². The summed E-state index contributed by atoms with van der Waals surface area (Å²) in [6.45, 7) is 4.95. The van der Waals surface area contributed by atoms with Gasteiger partial charge in [-0.2, -0.15) is 0 Å². The summed E-state index contributed by atoms with van der Waals surface area (Å²) in [4.78, 5) is 4.23. The van der Waals surface area contributed by atoms with E-state index in [1.165, 1.54) is 0 Å². The summed E-state index contributed by atoms with van der Waals surface area (Å²) in [5, 5.41) is 9.78. The molecule has 0 saturated heterocycles. The number of aliphatic hydroxyl groups is 1. The van der Waals surface area contributed by atoms with Gasteiger partial charge >= 0.3 is 0 Å². The first-order valence-electron chi connectivity index (χ1n) is 5.08. The molecule has 0 bridgehead atoms. The van der Waals surface area contributed by atoms with Crippen molar-refractivity contribution < 1.29 is 9.84 Å². The van der Waals surface area contributed by atoms with Gasteiger partial charge in [0.2, 0.25) is 5.90 Å². The summed E-state index contributed by atoms with van der Waals surface area (Å²) in [6.07, 6.45) is 0. The van der Waals surface area contributed by atoms with Crippen molar-refractivity contribution in [2.75, 3.05) is 13.2 Å². The first-order chi connectivity index (χ1) is 7.07. The molecular formula is C12H15NO2. The molecule has 0 unspecified atom stereocenters. The fourth-order valence-electron chi connectivity index (χ4n) is 1.53. The molecule has 0 fully saturated rings. The van der Waals surface area contributed by atoms with E-state index in [0.717, 1.165) is 17.7 Å². The lowest BCUT2D eigenvalue weighted by Gasteiger charge is -2.17. The molecule has 0 amide bonds. The van der Waals surface area contributed by atoms with E-state index in [2.05, 4.69) is 4.99 Å². The zero-order valence-corrected chi connectivity index (χ0v) is 9.03. The highest BCUT2D eigenvalue weighted by Gasteiger charge is 2.16. The lowest BCUT2D eigenvalue weighted by atomic mass is 9.97. The van der Waals surface area contributed by atoms with E-state index in [-0.39, 0.29) is 0 Å². The maximum absolute atomic E-state index is 9.78. The van der Waals surface area contributed by atoms with E-state index in [1.54, 1.807) is 13.8 Å². The van der Waals surface area contributed by atoms with Crippen LogP contribution >= 0.6 is 0 Å². The fourth-order valence-corrected chi connectivity index (χ4v) is 1.53. The average Bonchev–Trinajstić information content (AvgIpc) is 2.69. The van der Waals surface area contributed by atoms with Gasteiger partial charge in [-0.05, 0) is 31.5 Å². The predicted octanol–water partition coefficient (Wildman–Crippen LogP) is 1.69. The van der Waals surface area contributed by atoms with E-state index >= 15 is 0 Å². The number of ether oxygens (including phenoxy) is 1. The highest BCUT2D eigenvalue weighted by molar-refractivity contribution is 5.94. The van der Waals surface area contributed by atoms with E-state index in [1.807, 2.05) is 24.3 Å². The largest absolute Gasteiger partial charge is 0.476 e. The van der Waals surface area contributed by atoms with Crippen molar-refractivity contribution in [1.29, 1.82) is 0 Å². The Balaban J connectivity index is 2.24. The minimum atomic E-state index is -0.795. The van der Waals surface area contributed by atoms with Crippen molar-refractivity contribution in [2.24, 2.45) is 4.99 Å². The molecule has 80 valence electrons. The topological polar surface area (TPSA) is 41.8 Å². The monoisotopic (exact) mass is 205 g/mol. The molecule has 3 heteroatoms. The Labute approximate surface area is 89.4 Å². The summed E-state index contributed by atoms with van der Waals surface area (Å²) < 4.78 is 5.35. The third-order valence-electron chi connectivity index (χ3n) is 2.42. The SMILES string of the molecule is CC(C)(O)c1ccc(C2=NCCO2)cc1. The standard InChI is InChI=1S/C12H15NO2/c1-12(2,14)10-5-3-9(4-6-10)11-13-7-8-15-11/h3-6,14H,7-8H2,1-2H3. The van der Waals surface area contributed by atoms with Gasteiger partial charge in [-0.25, -0.2) is 4.99 Å². The van der Waals surface area contributed by atoms with Gasteiger partial charge in [0.15, 0.2) is 0 Å². The van der Waals surface area contributed by atoms with Gasteiger partial charge in [-0.3, -0.25) is 0 Å². The second-order valence-electron chi connectivity index (χ2n) is 4.17. The molecule has 1 aliphatic rings. The Bertz CT molecular complexity index is 374. The maximum atomic E-state index is 9.78. The molecule has 1 aromatic rings. The third-order valence-corrected chi connectivity index (χ3v) is 2.42. The minimum Gasteiger partial charge on any atom is -0.476 e. The molecule has 1 N–H and O–H groups in total. The zero-order chi connectivity index (χ0) is 10.9. The van der Waals surface area contributed by atoms with Crippen LogP contribution in [-0.2, 0) is 10.3 Å². The molecule has 1 aromatic carbocycles. The van der Waals surface area contributed by atoms with Crippen molar-refractivity contribution in [3.05, 3.63) is 35.4 Å². The van der Waals surface area contributed by atoms with E-state index in [9.17, 15) is 5.11 Å². The Kier molecular flexibility index (Phi) is 2.49. The average molecular weight is 205 g/mol. The van der Waals surface area contributed by atoms with Gasteiger partial charge < -0.3 is 9.84 Å². The first kappa shape index (κ1) is 10.2. The van der Waals surface area contributed by atoms with E-state index in [4.69, 9.17) is 4.74 Å². The second kappa shape index (κ2) is 3.66. The van der Waals surface area contributed by atoms with Crippen LogP contribution in [0.2, 0.25) is 0 Å². The van der Waals surface area contributed by atoms with Gasteiger partial charge in [0, 0.05) is 5.56 Å². The fraction of sp³-hybridized carbons (Fsp3) is 0.417. The molecular weight excluding hydrogens is 190 g/mol. The van der Waals surface area contributed by atoms with Crippen LogP contribution in [0.1, 0.15) is 25.0 Å². The van der Waals surface area contributed by atoms with Crippen LogP contribution < -0.4 is 0 Å². The van der Waals surface area contributed by atoms with Crippen LogP contribution in [0.5, 0.6) is 0 Å². The third kappa shape index (κ3) is 2.18. The lowest BCUT2D eigenvalue weighted by molar-refractivity contribution is 0.0786. The summed E-state index contributed by atoms with van der Waals surface area (Å²) in [7, 11) is 0. The van der Waals surface area contributed by atoms with Crippen LogP contribution in [0, 0.1) is 0 Å². The van der Waals surface area contributed by atoms with E-state index in [0.29, 0.717) is 12.5 Å². The number of aliphatic imine (C=N–C) groups is 1. The smallest absolute Gasteiger partial charge is 0.216 e. The number of rotatable bonds is 2. The number of hydrogen-bond acceptors (Lipinski definition) is 3. The normalized spacial score (nSPS) is 16.1. The van der Waals surface area contributed by atoms with Gasteiger partial charge in [0.1, 0.15) is 6.61 Å². The number of benzene rings is 1. The lowest BCUT2D eigenvalue weighted by Crippen LogP contribution is -2.15. The molecule has 0 radical (unpaired) electrons. The molecule has 0 aromatic heterocycles. The van der Waals surface area contributed by atoms with Crippen LogP contribution in [0.4, 0.5) is 0 Å². The molecule has 0 aliphatic carbocycles. The van der Waals surface area contributed by atoms with Crippen molar-refractivity contribution in [3.63, 3.8) is 0 Å². The van der Waals surface area contributed by atoms with Crippen molar-refractivity contribution in [1.82, 2.24) is 0 Å². The molecule has 15 heavy (non-hydrogen) atoms. The highest BCUT2D eigenvalue weighted by Crippen LogP contribution is 2.20. The number of nitrogens with zero attached hydrogens (tertiary/aromatic N) is 1. The van der Waals surface area contributed by atoms with Crippen LogP contribution in [0.25, 0.3) is 0 Å². The van der Waals surface area contributed by atoms with E-state index < -0.39 is 5.60 Å². The molecule has 0 atom stereocenters. The van der Waals surface area contributed by atoms with Crippen LogP contribution in [-0.4, -0.2) is 24.2 Å². The number of hydrogen-bond donors (Lipinski definition) is 1. The van der Waals surface area contributed by atoms with Gasteiger partial charge in [0.25, 0.3) is 0 Å². The molecule has 0 spiro atoms. The van der Waals surface area contributed by atoms with Gasteiger partial charge in [0.05, 0.1) is 12.1 Å². The summed E-state index contributed by atoms with van der Waals surface area (Å²) in [5.41, 5.74) is 1.07. The Morgan fingerprint density at radius 1 is 1.27 bits per heavy atom. The Morgan fingerprint density at radius 3 is 2.40 bits per heavy atom. The van der Waals surface area contributed by atoms with Crippen molar-refractivity contribution in [2.45, 2.75) is 19.4 Å². The predicted molar refractivity (Wildman–Crippen MR) is 59.0 cm³/mol. The Hall–Kier alpha value is -1.35. The molecule has 3 nitrogen and oxygen atoms in total. The summed E-state index contributed by atoms with van der Waals surface area (Å²) in [5.74, 6) is 0.706. The highest BCUT2D eigenvalue weighted by atomic mass is 16.5. The Morgan fingerprint density at radius 2 is 1.93 bits per heavy atom. The molecule has 2 rings (SSSR count). The molecule has 0 saturated carbocycles. The second-order valence-corrected chi connectivity index (χ2v) is 4.17. The quantitative estimate of drug-likeness (QED) is 0.798. The maximum Gasteiger partial charge on any atom is 0.216 e. The molecule has 1 aliphatic heterocycles. The molecule has 1 heterocycles. The van der Waals surface area contributed by atoms with Crippen LogP contribution in [0.15, 0.2) is 29.3 Å². The zero-order valence-electron chi connectivity index (χ0n) is 9.03. The first-order valence-corrected chi connectivity index (χ1v) is 5.08.